The van der Waals surface area contributed by atoms with Crippen LogP contribution in [-0.4, -0.2) is 38.0 Å². The minimum atomic E-state index is 0.251. The van der Waals surface area contributed by atoms with Gasteiger partial charge in [-0.3, -0.25) is 0 Å². The van der Waals surface area contributed by atoms with E-state index < -0.39 is 0 Å². The van der Waals surface area contributed by atoms with Crippen molar-refractivity contribution in [3.8, 4) is 11.5 Å². The summed E-state index contributed by atoms with van der Waals surface area (Å²) < 4.78 is 11.1. The zero-order valence-electron chi connectivity index (χ0n) is 11.1. The minimum Gasteiger partial charge on any atom is -0.494 e. The maximum absolute atomic E-state index is 8.62. The van der Waals surface area contributed by atoms with Crippen LogP contribution in [0.3, 0.4) is 0 Å². The highest BCUT2D eigenvalue weighted by molar-refractivity contribution is 5.32. The van der Waals surface area contributed by atoms with Crippen molar-refractivity contribution in [3.63, 3.8) is 0 Å². The number of aliphatic hydroxyl groups is 1. The Morgan fingerprint density at radius 1 is 1.11 bits per heavy atom. The fourth-order valence-electron chi connectivity index (χ4n) is 1.64. The Morgan fingerprint density at radius 3 is 2.61 bits per heavy atom. The maximum atomic E-state index is 8.62. The quantitative estimate of drug-likeness (QED) is 0.607. The van der Waals surface area contributed by atoms with Gasteiger partial charge in [0.15, 0.2) is 0 Å². The number of ether oxygens (including phenoxy) is 2. The summed E-state index contributed by atoms with van der Waals surface area (Å²) >= 11 is 0. The van der Waals surface area contributed by atoms with Crippen molar-refractivity contribution in [1.29, 1.82) is 0 Å². The number of hydrogen-bond donors (Lipinski definition) is 2. The first-order valence-electron chi connectivity index (χ1n) is 6.65. The predicted octanol–water partition coefficient (Wildman–Crippen LogP) is 0.800. The summed E-state index contributed by atoms with van der Waals surface area (Å²) in [6.45, 7) is 5.45. The lowest BCUT2D eigenvalue weighted by Crippen LogP contribution is -2.85. The topological polar surface area (TPSA) is 55.3 Å². The Balaban J connectivity index is 2.13. The van der Waals surface area contributed by atoms with Crippen LogP contribution in [0.5, 0.6) is 11.5 Å². The van der Waals surface area contributed by atoms with Gasteiger partial charge in [0.25, 0.3) is 0 Å². The summed E-state index contributed by atoms with van der Waals surface area (Å²) in [5, 5.41) is 10.7. The van der Waals surface area contributed by atoms with Crippen molar-refractivity contribution in [2.45, 2.75) is 19.8 Å². The first kappa shape index (κ1) is 14.8. The van der Waals surface area contributed by atoms with E-state index in [0.717, 1.165) is 44.0 Å². The summed E-state index contributed by atoms with van der Waals surface area (Å²) in [6.07, 6.45) is 2.13. The number of rotatable bonds is 10. The highest BCUT2D eigenvalue weighted by Gasteiger charge is 1.97. The Morgan fingerprint density at radius 2 is 1.89 bits per heavy atom. The lowest BCUT2D eigenvalue weighted by Gasteiger charge is -2.08. The van der Waals surface area contributed by atoms with Gasteiger partial charge < -0.3 is 19.9 Å². The van der Waals surface area contributed by atoms with Crippen LogP contribution in [0.2, 0.25) is 0 Å². The molecule has 4 nitrogen and oxygen atoms in total. The van der Waals surface area contributed by atoms with Crippen LogP contribution in [0.15, 0.2) is 24.3 Å². The third-order valence-corrected chi connectivity index (χ3v) is 2.52. The van der Waals surface area contributed by atoms with Gasteiger partial charge in [-0.2, -0.15) is 0 Å². The van der Waals surface area contributed by atoms with Gasteiger partial charge in [0, 0.05) is 6.07 Å². The molecule has 0 saturated carbocycles. The van der Waals surface area contributed by atoms with Gasteiger partial charge in [0.05, 0.1) is 32.9 Å². The molecule has 0 amide bonds. The molecule has 0 aliphatic heterocycles. The molecule has 4 heteroatoms. The second kappa shape index (κ2) is 9.74. The zero-order chi connectivity index (χ0) is 13.1. The molecule has 0 fully saturated rings. The molecule has 0 aliphatic carbocycles. The summed E-state index contributed by atoms with van der Waals surface area (Å²) in [7, 11) is 0. The van der Waals surface area contributed by atoms with Crippen LogP contribution < -0.4 is 14.8 Å². The average Bonchev–Trinajstić information content (AvgIpc) is 2.39. The molecular formula is C14H24NO3+. The van der Waals surface area contributed by atoms with E-state index in [4.69, 9.17) is 14.6 Å². The van der Waals surface area contributed by atoms with Crippen molar-refractivity contribution in [3.05, 3.63) is 24.3 Å². The fourth-order valence-corrected chi connectivity index (χ4v) is 1.64. The van der Waals surface area contributed by atoms with Gasteiger partial charge in [0.1, 0.15) is 11.5 Å². The molecule has 0 spiro atoms. The smallest absolute Gasteiger partial charge is 0.122 e. The zero-order valence-corrected chi connectivity index (χ0v) is 11.1. The summed E-state index contributed by atoms with van der Waals surface area (Å²) in [5.74, 6) is 1.71. The average molecular weight is 254 g/mol. The number of quaternary nitrogens is 1. The molecule has 1 aromatic carbocycles. The van der Waals surface area contributed by atoms with Gasteiger partial charge in [0.2, 0.25) is 0 Å². The molecule has 0 atom stereocenters. The second-order valence-electron chi connectivity index (χ2n) is 4.05. The second-order valence-corrected chi connectivity index (χ2v) is 4.05. The molecule has 0 aromatic heterocycles. The van der Waals surface area contributed by atoms with Crippen molar-refractivity contribution in [2.24, 2.45) is 0 Å². The number of unbranched alkanes of at least 4 members (excludes halogenated alkanes) is 1. The van der Waals surface area contributed by atoms with Gasteiger partial charge in [-0.15, -0.1) is 0 Å². The maximum Gasteiger partial charge on any atom is 0.122 e. The molecule has 102 valence electrons. The van der Waals surface area contributed by atoms with Crippen molar-refractivity contribution >= 4 is 0 Å². The Labute approximate surface area is 109 Å². The Kier molecular flexibility index (Phi) is 8.01. The lowest BCUT2D eigenvalue weighted by molar-refractivity contribution is -0.656. The van der Waals surface area contributed by atoms with Crippen LogP contribution in [-0.2, 0) is 0 Å². The Hall–Kier alpha value is -1.26. The van der Waals surface area contributed by atoms with Crippen molar-refractivity contribution in [2.75, 3.05) is 32.9 Å². The van der Waals surface area contributed by atoms with Gasteiger partial charge in [-0.25, -0.2) is 0 Å². The molecule has 0 unspecified atom stereocenters. The highest BCUT2D eigenvalue weighted by atomic mass is 16.5. The molecule has 1 aromatic rings. The minimum absolute atomic E-state index is 0.251. The predicted molar refractivity (Wildman–Crippen MR) is 71.1 cm³/mol. The molecule has 0 heterocycles. The van der Waals surface area contributed by atoms with Gasteiger partial charge in [-0.1, -0.05) is 6.07 Å². The molecule has 18 heavy (non-hydrogen) atoms. The first-order chi connectivity index (χ1) is 8.86. The van der Waals surface area contributed by atoms with E-state index in [9.17, 15) is 0 Å². The fraction of sp³-hybridized carbons (Fsp3) is 0.571. The van der Waals surface area contributed by atoms with Crippen molar-refractivity contribution < 1.29 is 19.9 Å². The lowest BCUT2D eigenvalue weighted by atomic mass is 10.3. The molecule has 0 radical (unpaired) electrons. The van der Waals surface area contributed by atoms with Crippen LogP contribution in [0, 0.1) is 0 Å². The number of aliphatic hydroxyl groups excluding tert-OH is 1. The van der Waals surface area contributed by atoms with E-state index in [1.165, 1.54) is 0 Å². The third-order valence-electron chi connectivity index (χ3n) is 2.52. The van der Waals surface area contributed by atoms with Crippen LogP contribution in [0.25, 0.3) is 0 Å². The number of hydrogen-bond acceptors (Lipinski definition) is 3. The SMILES string of the molecule is CCOc1cccc(OCCCC[NH2+]CCO)c1. The van der Waals surface area contributed by atoms with Gasteiger partial charge >= 0.3 is 0 Å². The highest BCUT2D eigenvalue weighted by Crippen LogP contribution is 2.19. The molecule has 1 rings (SSSR count). The van der Waals surface area contributed by atoms with E-state index >= 15 is 0 Å². The van der Waals surface area contributed by atoms with E-state index in [1.54, 1.807) is 0 Å². The largest absolute Gasteiger partial charge is 0.494 e. The summed E-state index contributed by atoms with van der Waals surface area (Å²) in [4.78, 5) is 0. The third kappa shape index (κ3) is 6.47. The summed E-state index contributed by atoms with van der Waals surface area (Å²) in [5.41, 5.74) is 0. The molecule has 0 bridgehead atoms. The van der Waals surface area contributed by atoms with Crippen LogP contribution in [0.4, 0.5) is 0 Å². The van der Waals surface area contributed by atoms with E-state index in [1.807, 2.05) is 31.2 Å². The molecular weight excluding hydrogens is 230 g/mol. The molecule has 3 N–H and O–H groups in total. The monoisotopic (exact) mass is 254 g/mol. The van der Waals surface area contributed by atoms with E-state index in [0.29, 0.717) is 6.61 Å². The van der Waals surface area contributed by atoms with Gasteiger partial charge in [-0.05, 0) is 31.9 Å². The Bertz CT molecular complexity index is 318. The van der Waals surface area contributed by atoms with Crippen LogP contribution in [0.1, 0.15) is 19.8 Å². The normalized spacial score (nSPS) is 10.3. The van der Waals surface area contributed by atoms with E-state index in [-0.39, 0.29) is 6.61 Å². The first-order valence-corrected chi connectivity index (χ1v) is 6.65. The summed E-state index contributed by atoms with van der Waals surface area (Å²) in [6, 6.07) is 7.73. The number of nitrogens with two attached hydrogens (primary N) is 1. The molecule has 0 saturated heterocycles. The number of benzene rings is 1. The van der Waals surface area contributed by atoms with Crippen LogP contribution >= 0.6 is 0 Å². The standard InChI is InChI=1S/C14H23NO3/c1-2-17-13-6-5-7-14(12-13)18-11-4-3-8-15-9-10-16/h5-7,12,15-16H,2-4,8-11H2,1H3/p+1. The van der Waals surface area contributed by atoms with E-state index in [2.05, 4.69) is 5.32 Å². The van der Waals surface area contributed by atoms with Crippen molar-refractivity contribution in [1.82, 2.24) is 0 Å². The molecule has 0 aliphatic rings.